The van der Waals surface area contributed by atoms with E-state index < -0.39 is 30.4 Å². The van der Waals surface area contributed by atoms with E-state index in [1.807, 2.05) is 0 Å². The van der Waals surface area contributed by atoms with Gasteiger partial charge in [-0.25, -0.2) is 9.59 Å². The summed E-state index contributed by atoms with van der Waals surface area (Å²) in [4.78, 5) is 34.1. The summed E-state index contributed by atoms with van der Waals surface area (Å²) in [5.41, 5.74) is 0. The highest BCUT2D eigenvalue weighted by Crippen LogP contribution is 2.29. The SMILES string of the molecule is CN(CC1CC1)C(=O)N[C@@H](CC(=O)O)C(=O)O. The maximum absolute atomic E-state index is 11.6. The average molecular weight is 244 g/mol. The van der Waals surface area contributed by atoms with Crippen LogP contribution < -0.4 is 5.32 Å². The van der Waals surface area contributed by atoms with E-state index in [1.165, 1.54) is 4.90 Å². The van der Waals surface area contributed by atoms with E-state index in [4.69, 9.17) is 10.2 Å². The molecule has 3 N–H and O–H groups in total. The van der Waals surface area contributed by atoms with Crippen LogP contribution in [-0.2, 0) is 9.59 Å². The van der Waals surface area contributed by atoms with Crippen molar-refractivity contribution < 1.29 is 24.6 Å². The largest absolute Gasteiger partial charge is 0.481 e. The first-order chi connectivity index (χ1) is 7.90. The van der Waals surface area contributed by atoms with Crippen LogP contribution in [0.25, 0.3) is 0 Å². The first-order valence-electron chi connectivity index (χ1n) is 5.36. The number of rotatable bonds is 6. The number of aliphatic carboxylic acids is 2. The molecule has 17 heavy (non-hydrogen) atoms. The van der Waals surface area contributed by atoms with Gasteiger partial charge in [-0.3, -0.25) is 4.79 Å². The molecule has 1 rings (SSSR count). The molecule has 0 saturated heterocycles. The fourth-order valence-corrected chi connectivity index (χ4v) is 1.40. The number of carboxylic acids is 2. The van der Waals surface area contributed by atoms with Crippen molar-refractivity contribution in [2.24, 2.45) is 5.92 Å². The molecule has 1 aliphatic rings. The van der Waals surface area contributed by atoms with Gasteiger partial charge >= 0.3 is 18.0 Å². The molecule has 0 unspecified atom stereocenters. The molecule has 96 valence electrons. The second kappa shape index (κ2) is 5.51. The van der Waals surface area contributed by atoms with Gasteiger partial charge in [-0.1, -0.05) is 0 Å². The van der Waals surface area contributed by atoms with E-state index in [2.05, 4.69) is 5.32 Å². The number of urea groups is 1. The molecule has 2 amide bonds. The molecule has 1 saturated carbocycles. The summed E-state index contributed by atoms with van der Waals surface area (Å²) in [5.74, 6) is -2.11. The van der Waals surface area contributed by atoms with E-state index in [1.54, 1.807) is 7.05 Å². The molecule has 0 heterocycles. The molecule has 0 bridgehead atoms. The zero-order chi connectivity index (χ0) is 13.0. The molecule has 1 aliphatic carbocycles. The van der Waals surface area contributed by atoms with Crippen LogP contribution in [0.3, 0.4) is 0 Å². The summed E-state index contributed by atoms with van der Waals surface area (Å²) in [6.07, 6.45) is 1.53. The average Bonchev–Trinajstić information content (AvgIpc) is 2.99. The quantitative estimate of drug-likeness (QED) is 0.608. The van der Waals surface area contributed by atoms with Crippen molar-refractivity contribution in [3.63, 3.8) is 0 Å². The lowest BCUT2D eigenvalue weighted by Gasteiger charge is -2.20. The lowest BCUT2D eigenvalue weighted by Crippen LogP contribution is -2.48. The summed E-state index contributed by atoms with van der Waals surface area (Å²) in [6, 6.07) is -1.94. The highest BCUT2D eigenvalue weighted by molar-refractivity contribution is 5.86. The standard InChI is InChI=1S/C10H16N2O5/c1-12(5-6-2-3-6)10(17)11-7(9(15)16)4-8(13)14/h6-7H,2-5H2,1H3,(H,11,17)(H,13,14)(H,15,16)/t7-/m0/s1. The smallest absolute Gasteiger partial charge is 0.326 e. The minimum Gasteiger partial charge on any atom is -0.481 e. The fourth-order valence-electron chi connectivity index (χ4n) is 1.40. The van der Waals surface area contributed by atoms with Crippen molar-refractivity contribution in [2.75, 3.05) is 13.6 Å². The van der Waals surface area contributed by atoms with Crippen LogP contribution in [0.5, 0.6) is 0 Å². The Hall–Kier alpha value is -1.79. The van der Waals surface area contributed by atoms with Crippen molar-refractivity contribution in [3.05, 3.63) is 0 Å². The molecule has 0 aromatic rings. The predicted octanol–water partition coefficient (Wildman–Crippen LogP) is -0.0343. The molecule has 0 spiro atoms. The van der Waals surface area contributed by atoms with E-state index in [9.17, 15) is 14.4 Å². The van der Waals surface area contributed by atoms with Gasteiger partial charge in [0.05, 0.1) is 6.42 Å². The Morgan fingerprint density at radius 3 is 2.35 bits per heavy atom. The molecular weight excluding hydrogens is 228 g/mol. The molecule has 7 nitrogen and oxygen atoms in total. The van der Waals surface area contributed by atoms with Gasteiger partial charge in [-0.2, -0.15) is 0 Å². The first kappa shape index (κ1) is 13.3. The molecule has 0 aliphatic heterocycles. The zero-order valence-corrected chi connectivity index (χ0v) is 9.55. The molecular formula is C10H16N2O5. The van der Waals surface area contributed by atoms with Crippen molar-refractivity contribution in [1.82, 2.24) is 10.2 Å². The van der Waals surface area contributed by atoms with Crippen LogP contribution in [0, 0.1) is 5.92 Å². The van der Waals surface area contributed by atoms with Crippen molar-refractivity contribution in [1.29, 1.82) is 0 Å². The Morgan fingerprint density at radius 2 is 1.94 bits per heavy atom. The van der Waals surface area contributed by atoms with Gasteiger partial charge in [0.2, 0.25) is 0 Å². The van der Waals surface area contributed by atoms with Crippen LogP contribution in [0.1, 0.15) is 19.3 Å². The number of nitrogens with zero attached hydrogens (tertiary/aromatic N) is 1. The van der Waals surface area contributed by atoms with Gasteiger partial charge in [-0.15, -0.1) is 0 Å². The second-order valence-electron chi connectivity index (χ2n) is 4.26. The van der Waals surface area contributed by atoms with Gasteiger partial charge < -0.3 is 20.4 Å². The van der Waals surface area contributed by atoms with Crippen LogP contribution in [0.4, 0.5) is 4.79 Å². The van der Waals surface area contributed by atoms with Gasteiger partial charge in [0.1, 0.15) is 6.04 Å². The van der Waals surface area contributed by atoms with Gasteiger partial charge in [0.15, 0.2) is 0 Å². The number of amides is 2. The maximum Gasteiger partial charge on any atom is 0.326 e. The van der Waals surface area contributed by atoms with Crippen LogP contribution in [0.2, 0.25) is 0 Å². The first-order valence-corrected chi connectivity index (χ1v) is 5.36. The van der Waals surface area contributed by atoms with Crippen molar-refractivity contribution >= 4 is 18.0 Å². The highest BCUT2D eigenvalue weighted by Gasteiger charge is 2.28. The van der Waals surface area contributed by atoms with E-state index in [0.29, 0.717) is 12.5 Å². The second-order valence-corrected chi connectivity index (χ2v) is 4.26. The van der Waals surface area contributed by atoms with E-state index in [0.717, 1.165) is 12.8 Å². The third-order valence-corrected chi connectivity index (χ3v) is 2.55. The monoisotopic (exact) mass is 244 g/mol. The number of nitrogens with one attached hydrogen (secondary N) is 1. The Balaban J connectivity index is 2.44. The van der Waals surface area contributed by atoms with E-state index >= 15 is 0 Å². The third kappa shape index (κ3) is 4.71. The Labute approximate surface area is 98.4 Å². The zero-order valence-electron chi connectivity index (χ0n) is 9.55. The lowest BCUT2D eigenvalue weighted by molar-refractivity contribution is -0.145. The predicted molar refractivity (Wildman–Crippen MR) is 57.6 cm³/mol. The number of hydrogen-bond donors (Lipinski definition) is 3. The maximum atomic E-state index is 11.6. The summed E-state index contributed by atoms with van der Waals surface area (Å²) >= 11 is 0. The van der Waals surface area contributed by atoms with Gasteiger partial charge in [0, 0.05) is 13.6 Å². The van der Waals surface area contributed by atoms with Crippen molar-refractivity contribution in [2.45, 2.75) is 25.3 Å². The van der Waals surface area contributed by atoms with Crippen molar-refractivity contribution in [3.8, 4) is 0 Å². The molecule has 0 radical (unpaired) electrons. The summed E-state index contributed by atoms with van der Waals surface area (Å²) in [5, 5.41) is 19.4. The summed E-state index contributed by atoms with van der Waals surface area (Å²) in [6.45, 7) is 0.575. The molecule has 1 fully saturated rings. The Kier molecular flexibility index (Phi) is 4.30. The molecule has 1 atom stereocenters. The molecule has 0 aromatic heterocycles. The number of carbonyl (C=O) groups is 3. The van der Waals surface area contributed by atoms with Gasteiger partial charge in [-0.05, 0) is 18.8 Å². The van der Waals surface area contributed by atoms with Gasteiger partial charge in [0.25, 0.3) is 0 Å². The topological polar surface area (TPSA) is 107 Å². The minimum absolute atomic E-state index is 0.494. The van der Waals surface area contributed by atoms with E-state index in [-0.39, 0.29) is 0 Å². The minimum atomic E-state index is -1.39. The lowest BCUT2D eigenvalue weighted by atomic mass is 10.2. The Morgan fingerprint density at radius 1 is 1.35 bits per heavy atom. The number of carboxylic acid groups (broad SMARTS) is 2. The normalized spacial score (nSPS) is 16.1. The highest BCUT2D eigenvalue weighted by atomic mass is 16.4. The number of hydrogen-bond acceptors (Lipinski definition) is 3. The van der Waals surface area contributed by atoms with Crippen LogP contribution >= 0.6 is 0 Å². The molecule has 7 heteroatoms. The summed E-state index contributed by atoms with van der Waals surface area (Å²) < 4.78 is 0. The van der Waals surface area contributed by atoms with Crippen LogP contribution in [0.15, 0.2) is 0 Å². The van der Waals surface area contributed by atoms with Crippen LogP contribution in [-0.4, -0.2) is 52.7 Å². The number of carbonyl (C=O) groups excluding carboxylic acids is 1. The molecule has 0 aromatic carbocycles. The third-order valence-electron chi connectivity index (χ3n) is 2.55. The fraction of sp³-hybridized carbons (Fsp3) is 0.700. The Bertz CT molecular complexity index is 327. The summed E-state index contributed by atoms with van der Waals surface area (Å²) in [7, 11) is 1.56.